The first-order chi connectivity index (χ1) is 6.50. The Labute approximate surface area is 89.3 Å². The largest absolute Gasteiger partial charge is 0.347 e. The maximum Gasteiger partial charge on any atom is 0.146 e. The summed E-state index contributed by atoms with van der Waals surface area (Å²) in [6.07, 6.45) is 0. The number of nitrogens with one attached hydrogen (secondary N) is 1. The Kier molecular flexibility index (Phi) is 3.58. The molecule has 1 aromatic carbocycles. The summed E-state index contributed by atoms with van der Waals surface area (Å²) < 4.78 is 13.4. The lowest BCUT2D eigenvalue weighted by Crippen LogP contribution is -2.16. The first-order valence-electron chi connectivity index (χ1n) is 4.57. The van der Waals surface area contributed by atoms with Crippen LogP contribution < -0.4 is 5.32 Å². The summed E-state index contributed by atoms with van der Waals surface area (Å²) in [7, 11) is 0. The van der Waals surface area contributed by atoms with Crippen LogP contribution in [-0.2, 0) is 0 Å². The highest BCUT2D eigenvalue weighted by Crippen LogP contribution is 2.16. The Hall–Kier alpha value is -0.960. The number of aryl methyl sites for hydroxylation is 1. The molecule has 0 aliphatic carbocycles. The van der Waals surface area contributed by atoms with E-state index in [0.717, 1.165) is 5.56 Å². The van der Waals surface area contributed by atoms with Gasteiger partial charge in [0.1, 0.15) is 5.82 Å². The van der Waals surface area contributed by atoms with Crippen molar-refractivity contribution in [2.45, 2.75) is 20.8 Å². The van der Waals surface area contributed by atoms with Gasteiger partial charge >= 0.3 is 0 Å². The number of hydrogen-bond acceptors (Lipinski definition) is 1. The summed E-state index contributed by atoms with van der Waals surface area (Å²) in [4.78, 5) is 0.660. The first-order valence-corrected chi connectivity index (χ1v) is 4.98. The van der Waals surface area contributed by atoms with Crippen LogP contribution >= 0.6 is 12.2 Å². The van der Waals surface area contributed by atoms with Gasteiger partial charge in [0, 0.05) is 5.92 Å². The van der Waals surface area contributed by atoms with Crippen LogP contribution in [0, 0.1) is 18.7 Å². The van der Waals surface area contributed by atoms with E-state index < -0.39 is 0 Å². The Morgan fingerprint density at radius 2 is 2.07 bits per heavy atom. The van der Waals surface area contributed by atoms with Gasteiger partial charge in [0.15, 0.2) is 0 Å². The third-order valence-corrected chi connectivity index (χ3v) is 2.48. The average Bonchev–Trinajstić information content (AvgIpc) is 2.09. The highest BCUT2D eigenvalue weighted by molar-refractivity contribution is 7.80. The highest BCUT2D eigenvalue weighted by atomic mass is 32.1. The second-order valence-corrected chi connectivity index (χ2v) is 4.07. The van der Waals surface area contributed by atoms with E-state index in [-0.39, 0.29) is 11.7 Å². The second kappa shape index (κ2) is 4.51. The molecule has 3 heteroatoms. The number of anilines is 1. The zero-order valence-corrected chi connectivity index (χ0v) is 9.41. The number of benzene rings is 1. The molecule has 0 spiro atoms. The van der Waals surface area contributed by atoms with Crippen LogP contribution in [0.3, 0.4) is 0 Å². The fraction of sp³-hybridized carbons (Fsp3) is 0.364. The normalized spacial score (nSPS) is 10.4. The van der Waals surface area contributed by atoms with Gasteiger partial charge in [0.25, 0.3) is 0 Å². The molecule has 1 aromatic rings. The van der Waals surface area contributed by atoms with Crippen molar-refractivity contribution < 1.29 is 4.39 Å². The Bertz CT molecular complexity index is 347. The molecule has 1 N–H and O–H groups in total. The summed E-state index contributed by atoms with van der Waals surface area (Å²) in [5.41, 5.74) is 1.36. The lowest BCUT2D eigenvalue weighted by atomic mass is 10.2. The molecule has 0 aromatic heterocycles. The number of hydrogen-bond donors (Lipinski definition) is 1. The van der Waals surface area contributed by atoms with E-state index in [0.29, 0.717) is 10.7 Å². The molecule has 0 aliphatic heterocycles. The highest BCUT2D eigenvalue weighted by Gasteiger charge is 2.06. The van der Waals surface area contributed by atoms with Crippen molar-refractivity contribution in [1.29, 1.82) is 0 Å². The van der Waals surface area contributed by atoms with E-state index in [1.165, 1.54) is 6.07 Å². The van der Waals surface area contributed by atoms with Gasteiger partial charge in [-0.1, -0.05) is 32.1 Å². The predicted octanol–water partition coefficient (Wildman–Crippen LogP) is 3.53. The lowest BCUT2D eigenvalue weighted by Gasteiger charge is -2.11. The molecule has 1 nitrogen and oxygen atoms in total. The Balaban J connectivity index is 2.82. The summed E-state index contributed by atoms with van der Waals surface area (Å²) >= 11 is 5.07. The van der Waals surface area contributed by atoms with Crippen molar-refractivity contribution in [3.63, 3.8) is 0 Å². The van der Waals surface area contributed by atoms with Gasteiger partial charge in [0.2, 0.25) is 0 Å². The second-order valence-electron chi connectivity index (χ2n) is 3.63. The minimum absolute atomic E-state index is 0.228. The van der Waals surface area contributed by atoms with E-state index in [9.17, 15) is 4.39 Å². The van der Waals surface area contributed by atoms with Crippen molar-refractivity contribution in [2.75, 3.05) is 5.32 Å². The van der Waals surface area contributed by atoms with Gasteiger partial charge in [0.05, 0.1) is 10.7 Å². The fourth-order valence-corrected chi connectivity index (χ4v) is 1.11. The molecule has 0 amide bonds. The van der Waals surface area contributed by atoms with Gasteiger partial charge in [-0.3, -0.25) is 0 Å². The smallest absolute Gasteiger partial charge is 0.146 e. The molecule has 0 heterocycles. The van der Waals surface area contributed by atoms with Crippen LogP contribution in [-0.4, -0.2) is 4.99 Å². The number of thiocarbonyl (C=S) groups is 1. The van der Waals surface area contributed by atoms with Crippen molar-refractivity contribution >= 4 is 22.9 Å². The predicted molar refractivity (Wildman–Crippen MR) is 62.2 cm³/mol. The van der Waals surface area contributed by atoms with Crippen LogP contribution in [0.1, 0.15) is 19.4 Å². The average molecular weight is 211 g/mol. The minimum atomic E-state index is -0.256. The van der Waals surface area contributed by atoms with Crippen molar-refractivity contribution in [2.24, 2.45) is 5.92 Å². The minimum Gasteiger partial charge on any atom is -0.347 e. The summed E-state index contributed by atoms with van der Waals surface area (Å²) in [5, 5.41) is 2.89. The summed E-state index contributed by atoms with van der Waals surface area (Å²) in [5.74, 6) is -0.0290. The summed E-state index contributed by atoms with van der Waals surface area (Å²) in [6.45, 7) is 5.80. The molecule has 14 heavy (non-hydrogen) atoms. The van der Waals surface area contributed by atoms with E-state index in [4.69, 9.17) is 12.2 Å². The molecular weight excluding hydrogens is 197 g/mol. The van der Waals surface area contributed by atoms with Crippen molar-refractivity contribution in [3.05, 3.63) is 29.6 Å². The van der Waals surface area contributed by atoms with E-state index in [1.54, 1.807) is 6.07 Å². The molecule has 1 rings (SSSR count). The van der Waals surface area contributed by atoms with Gasteiger partial charge in [-0.15, -0.1) is 0 Å². The van der Waals surface area contributed by atoms with E-state index in [1.807, 2.05) is 26.8 Å². The molecule has 0 bridgehead atoms. The summed E-state index contributed by atoms with van der Waals surface area (Å²) in [6, 6.07) is 5.05. The molecule has 0 atom stereocenters. The topological polar surface area (TPSA) is 12.0 Å². The number of rotatable bonds is 2. The molecule has 0 radical (unpaired) electrons. The van der Waals surface area contributed by atoms with Crippen LogP contribution in [0.2, 0.25) is 0 Å². The van der Waals surface area contributed by atoms with Crippen molar-refractivity contribution in [1.82, 2.24) is 0 Å². The fourth-order valence-electron chi connectivity index (χ4n) is 0.999. The molecule has 0 aliphatic rings. The Morgan fingerprint density at radius 1 is 1.43 bits per heavy atom. The van der Waals surface area contributed by atoms with Crippen LogP contribution in [0.25, 0.3) is 0 Å². The zero-order chi connectivity index (χ0) is 10.7. The molecule has 0 saturated carbocycles. The van der Waals surface area contributed by atoms with Gasteiger partial charge < -0.3 is 5.32 Å². The van der Waals surface area contributed by atoms with Gasteiger partial charge in [-0.05, 0) is 24.6 Å². The molecule has 0 saturated heterocycles. The molecular formula is C11H14FNS. The third-order valence-electron chi connectivity index (χ3n) is 1.91. The molecule has 76 valence electrons. The van der Waals surface area contributed by atoms with Crippen LogP contribution in [0.15, 0.2) is 18.2 Å². The standard InChI is InChI=1S/C11H14FNS/c1-7(2)11(14)13-10-5-4-8(3)6-9(10)12/h4-7H,1-3H3,(H,13,14). The van der Waals surface area contributed by atoms with Crippen LogP contribution in [0.4, 0.5) is 10.1 Å². The van der Waals surface area contributed by atoms with Crippen LogP contribution in [0.5, 0.6) is 0 Å². The van der Waals surface area contributed by atoms with E-state index in [2.05, 4.69) is 5.32 Å². The van der Waals surface area contributed by atoms with Gasteiger partial charge in [-0.25, -0.2) is 4.39 Å². The van der Waals surface area contributed by atoms with Crippen molar-refractivity contribution in [3.8, 4) is 0 Å². The monoisotopic (exact) mass is 211 g/mol. The third kappa shape index (κ3) is 2.77. The maximum atomic E-state index is 13.4. The maximum absolute atomic E-state index is 13.4. The van der Waals surface area contributed by atoms with Gasteiger partial charge in [-0.2, -0.15) is 0 Å². The van der Waals surface area contributed by atoms with E-state index >= 15 is 0 Å². The molecule has 0 unspecified atom stereocenters. The zero-order valence-electron chi connectivity index (χ0n) is 8.60. The molecule has 0 fully saturated rings. The Morgan fingerprint density at radius 3 is 2.57 bits per heavy atom. The number of halogens is 1. The SMILES string of the molecule is Cc1ccc(NC(=S)C(C)C)c(F)c1. The first kappa shape index (κ1) is 11.1. The quantitative estimate of drug-likeness (QED) is 0.751. The lowest BCUT2D eigenvalue weighted by molar-refractivity contribution is 0.631.